The topological polar surface area (TPSA) is 113 Å². The molecule has 0 saturated carbocycles. The summed E-state index contributed by atoms with van der Waals surface area (Å²) in [7, 11) is -3.64. The Morgan fingerprint density at radius 1 is 0.944 bits per heavy atom. The maximum absolute atomic E-state index is 13.7. The van der Waals surface area contributed by atoms with Crippen molar-refractivity contribution in [2.45, 2.75) is 10.9 Å². The number of benzene rings is 3. The van der Waals surface area contributed by atoms with Crippen LogP contribution in [0.25, 0.3) is 0 Å². The molecule has 1 heterocycles. The van der Waals surface area contributed by atoms with Crippen LogP contribution in [-0.2, 0) is 14.6 Å². The molecule has 0 aromatic heterocycles. The van der Waals surface area contributed by atoms with Crippen molar-refractivity contribution in [3.63, 3.8) is 0 Å². The maximum Gasteiger partial charge on any atom is 0.252 e. The van der Waals surface area contributed by atoms with E-state index in [1.807, 2.05) is 11.0 Å². The molecule has 0 bridgehead atoms. The van der Waals surface area contributed by atoms with E-state index in [1.54, 1.807) is 53.4 Å². The summed E-state index contributed by atoms with van der Waals surface area (Å²) in [6, 6.07) is 18.2. The van der Waals surface area contributed by atoms with Gasteiger partial charge in [-0.25, -0.2) is 12.8 Å². The van der Waals surface area contributed by atoms with Crippen molar-refractivity contribution in [1.29, 1.82) is 0 Å². The van der Waals surface area contributed by atoms with Crippen LogP contribution in [0.3, 0.4) is 0 Å². The van der Waals surface area contributed by atoms with Crippen molar-refractivity contribution >= 4 is 33.0 Å². The van der Waals surface area contributed by atoms with Crippen LogP contribution in [-0.4, -0.2) is 57.6 Å². The van der Waals surface area contributed by atoms with Gasteiger partial charge in [0.25, 0.3) is 5.91 Å². The van der Waals surface area contributed by atoms with Gasteiger partial charge in [0.05, 0.1) is 10.6 Å². The van der Waals surface area contributed by atoms with Crippen molar-refractivity contribution in [2.75, 3.05) is 43.1 Å². The predicted molar refractivity (Wildman–Crippen MR) is 136 cm³/mol. The third-order valence-corrected chi connectivity index (χ3v) is 7.21. The van der Waals surface area contributed by atoms with Crippen LogP contribution < -0.4 is 16.0 Å². The van der Waals surface area contributed by atoms with Crippen molar-refractivity contribution < 1.29 is 22.4 Å². The Morgan fingerprint density at radius 2 is 1.58 bits per heavy atom. The van der Waals surface area contributed by atoms with E-state index in [4.69, 9.17) is 5.73 Å². The number of amides is 2. The summed E-state index contributed by atoms with van der Waals surface area (Å²) in [4.78, 5) is 29.8. The first kappa shape index (κ1) is 25.2. The second-order valence-electron chi connectivity index (χ2n) is 8.64. The lowest BCUT2D eigenvalue weighted by molar-refractivity contribution is -0.133. The number of hydrogen-bond acceptors (Lipinski definition) is 6. The molecule has 4 rings (SSSR count). The summed E-state index contributed by atoms with van der Waals surface area (Å²) in [5.41, 5.74) is 7.67. The summed E-state index contributed by atoms with van der Waals surface area (Å²) in [5.74, 6) is -1.30. The quantitative estimate of drug-likeness (QED) is 0.493. The molecule has 0 radical (unpaired) electrons. The summed E-state index contributed by atoms with van der Waals surface area (Å²) >= 11 is 0. The molecule has 188 valence electrons. The van der Waals surface area contributed by atoms with Gasteiger partial charge >= 0.3 is 0 Å². The minimum atomic E-state index is -3.64. The molecule has 1 aliphatic rings. The molecule has 0 aliphatic carbocycles. The Bertz CT molecular complexity index is 1360. The summed E-state index contributed by atoms with van der Waals surface area (Å²) in [5, 5.41) is 2.84. The molecule has 1 aliphatic heterocycles. The third-order valence-electron chi connectivity index (χ3n) is 6.08. The first-order valence-corrected chi connectivity index (χ1v) is 13.3. The zero-order chi connectivity index (χ0) is 25.9. The first-order chi connectivity index (χ1) is 17.1. The fraction of sp³-hybridized carbons (Fsp3) is 0.231. The Balaban J connectivity index is 1.52. The molecule has 2 amide bonds. The van der Waals surface area contributed by atoms with E-state index in [0.717, 1.165) is 12.3 Å². The Morgan fingerprint density at radius 3 is 2.19 bits per heavy atom. The molecule has 1 fully saturated rings. The summed E-state index contributed by atoms with van der Waals surface area (Å²) in [6.07, 6.45) is 1.04. The van der Waals surface area contributed by atoms with Crippen LogP contribution in [0.2, 0.25) is 0 Å². The molecule has 8 nitrogen and oxygen atoms in total. The smallest absolute Gasteiger partial charge is 0.252 e. The number of carbonyl (C=O) groups is 2. The van der Waals surface area contributed by atoms with E-state index in [9.17, 15) is 22.4 Å². The van der Waals surface area contributed by atoms with Crippen molar-refractivity contribution in [1.82, 2.24) is 10.2 Å². The number of nitrogens with zero attached hydrogens (tertiary/aromatic N) is 2. The number of piperazine rings is 1. The van der Waals surface area contributed by atoms with Gasteiger partial charge in [0.2, 0.25) is 5.91 Å². The molecule has 3 aromatic carbocycles. The predicted octanol–water partition coefficient (Wildman–Crippen LogP) is 2.63. The lowest BCUT2D eigenvalue weighted by Gasteiger charge is -2.38. The van der Waals surface area contributed by atoms with Crippen LogP contribution in [0.15, 0.2) is 77.7 Å². The van der Waals surface area contributed by atoms with E-state index in [0.29, 0.717) is 48.7 Å². The van der Waals surface area contributed by atoms with E-state index >= 15 is 0 Å². The Labute approximate surface area is 209 Å². The Kier molecular flexibility index (Phi) is 7.25. The lowest BCUT2D eigenvalue weighted by atomic mass is 10.0. The third kappa shape index (κ3) is 5.65. The first-order valence-electron chi connectivity index (χ1n) is 11.4. The highest BCUT2D eigenvalue weighted by molar-refractivity contribution is 7.90. The van der Waals surface area contributed by atoms with E-state index in [2.05, 4.69) is 5.32 Å². The number of nitrogens with one attached hydrogen (secondary N) is 1. The molecule has 1 saturated heterocycles. The van der Waals surface area contributed by atoms with Crippen LogP contribution >= 0.6 is 0 Å². The highest BCUT2D eigenvalue weighted by atomic mass is 32.2. The average molecular weight is 511 g/mol. The van der Waals surface area contributed by atoms with Crippen molar-refractivity contribution in [3.05, 3.63) is 89.7 Å². The molecule has 0 spiro atoms. The van der Waals surface area contributed by atoms with Crippen molar-refractivity contribution in [3.8, 4) is 0 Å². The van der Waals surface area contributed by atoms with Gasteiger partial charge in [0.1, 0.15) is 11.9 Å². The summed E-state index contributed by atoms with van der Waals surface area (Å²) < 4.78 is 38.1. The zero-order valence-corrected chi connectivity index (χ0v) is 20.5. The highest BCUT2D eigenvalue weighted by Gasteiger charge is 2.31. The van der Waals surface area contributed by atoms with Crippen LogP contribution in [0, 0.1) is 5.82 Å². The molecular weight excluding hydrogens is 483 g/mol. The SMILES string of the molecule is CS(=O)(=O)c1cc(F)ccc1N1CCN(C(=O)[C@H](NC(=O)c2ccc(N)cc2)c2ccccc2)CC1. The number of hydrogen-bond donors (Lipinski definition) is 2. The van der Waals surface area contributed by atoms with Gasteiger partial charge in [0.15, 0.2) is 9.84 Å². The van der Waals surface area contributed by atoms with Gasteiger partial charge in [-0.1, -0.05) is 30.3 Å². The van der Waals surface area contributed by atoms with Gasteiger partial charge in [-0.2, -0.15) is 0 Å². The minimum absolute atomic E-state index is 0.0831. The number of carbonyl (C=O) groups excluding carboxylic acids is 2. The molecule has 1 atom stereocenters. The van der Waals surface area contributed by atoms with Crippen LogP contribution in [0.1, 0.15) is 22.0 Å². The number of nitrogens with two attached hydrogens (primary N) is 1. The lowest BCUT2D eigenvalue weighted by Crippen LogP contribution is -2.52. The standard InChI is InChI=1S/C26H27FN4O4S/c1-36(34,35)23-17-20(27)9-12-22(23)30-13-15-31(16-14-30)26(33)24(18-5-3-2-4-6-18)29-25(32)19-7-10-21(28)11-8-19/h2-12,17,24H,13-16,28H2,1H3,(H,29,32)/t24-/m1/s1. The number of sulfone groups is 1. The Hall–Kier alpha value is -3.92. The van der Waals surface area contributed by atoms with Gasteiger partial charge in [0, 0.05) is 43.7 Å². The molecule has 0 unspecified atom stereocenters. The minimum Gasteiger partial charge on any atom is -0.399 e. The zero-order valence-electron chi connectivity index (χ0n) is 19.7. The molecule has 36 heavy (non-hydrogen) atoms. The molecular formula is C26H27FN4O4S. The normalized spacial score (nSPS) is 14.8. The van der Waals surface area contributed by atoms with Crippen molar-refractivity contribution in [2.24, 2.45) is 0 Å². The van der Waals surface area contributed by atoms with Crippen LogP contribution in [0.5, 0.6) is 0 Å². The monoisotopic (exact) mass is 510 g/mol. The number of halogens is 1. The highest BCUT2D eigenvalue weighted by Crippen LogP contribution is 2.28. The second-order valence-corrected chi connectivity index (χ2v) is 10.6. The average Bonchev–Trinajstić information content (AvgIpc) is 2.87. The molecule has 10 heteroatoms. The largest absolute Gasteiger partial charge is 0.399 e. The second kappa shape index (κ2) is 10.4. The fourth-order valence-corrected chi connectivity index (χ4v) is 5.08. The maximum atomic E-state index is 13.7. The summed E-state index contributed by atoms with van der Waals surface area (Å²) in [6.45, 7) is 1.32. The van der Waals surface area contributed by atoms with Gasteiger partial charge in [-0.15, -0.1) is 0 Å². The van der Waals surface area contributed by atoms with Gasteiger partial charge in [-0.3, -0.25) is 9.59 Å². The fourth-order valence-electron chi connectivity index (χ4n) is 4.18. The van der Waals surface area contributed by atoms with E-state index < -0.39 is 27.6 Å². The van der Waals surface area contributed by atoms with Gasteiger partial charge in [-0.05, 0) is 48.0 Å². The van der Waals surface area contributed by atoms with E-state index in [1.165, 1.54) is 12.1 Å². The number of rotatable bonds is 6. The molecule has 3 N–H and O–H groups in total. The molecule has 3 aromatic rings. The van der Waals surface area contributed by atoms with Crippen LogP contribution in [0.4, 0.5) is 15.8 Å². The number of anilines is 2. The van der Waals surface area contributed by atoms with E-state index in [-0.39, 0.29) is 10.8 Å². The van der Waals surface area contributed by atoms with Gasteiger partial charge < -0.3 is 20.9 Å². The number of nitrogen functional groups attached to an aromatic ring is 1.